The zero-order valence-corrected chi connectivity index (χ0v) is 5.98. The van der Waals surface area contributed by atoms with Crippen molar-refractivity contribution in [3.63, 3.8) is 0 Å². The molecule has 0 saturated heterocycles. The molecule has 0 unspecified atom stereocenters. The SMILES string of the molecule is [N-]=[N+]=Nc1ccccc1C(F)F. The van der Waals surface area contributed by atoms with E-state index in [1.165, 1.54) is 24.3 Å². The van der Waals surface area contributed by atoms with E-state index in [2.05, 4.69) is 10.0 Å². The summed E-state index contributed by atoms with van der Waals surface area (Å²) in [6.45, 7) is 0. The number of halogens is 2. The summed E-state index contributed by atoms with van der Waals surface area (Å²) < 4.78 is 24.3. The molecule has 0 fully saturated rings. The molecule has 1 rings (SSSR count). The predicted molar refractivity (Wildman–Crippen MR) is 40.2 cm³/mol. The van der Waals surface area contributed by atoms with Gasteiger partial charge in [-0.3, -0.25) is 0 Å². The number of nitrogens with zero attached hydrogens (tertiary/aromatic N) is 3. The smallest absolute Gasteiger partial charge is 0.205 e. The monoisotopic (exact) mass is 169 g/mol. The van der Waals surface area contributed by atoms with Crippen LogP contribution in [-0.4, -0.2) is 0 Å². The zero-order chi connectivity index (χ0) is 8.97. The van der Waals surface area contributed by atoms with Crippen LogP contribution in [0.15, 0.2) is 29.4 Å². The molecule has 0 heterocycles. The van der Waals surface area contributed by atoms with Gasteiger partial charge in [-0.25, -0.2) is 8.78 Å². The molecule has 0 spiro atoms. The number of rotatable bonds is 2. The summed E-state index contributed by atoms with van der Waals surface area (Å²) in [6, 6.07) is 5.59. The fourth-order valence-electron chi connectivity index (χ4n) is 0.811. The highest BCUT2D eigenvalue weighted by Crippen LogP contribution is 2.28. The van der Waals surface area contributed by atoms with Crippen molar-refractivity contribution in [2.24, 2.45) is 5.11 Å². The molecule has 3 nitrogen and oxygen atoms in total. The summed E-state index contributed by atoms with van der Waals surface area (Å²) in [7, 11) is 0. The van der Waals surface area contributed by atoms with Crippen LogP contribution < -0.4 is 0 Å². The van der Waals surface area contributed by atoms with E-state index in [0.717, 1.165) is 0 Å². The van der Waals surface area contributed by atoms with Gasteiger partial charge in [-0.2, -0.15) is 0 Å². The molecule has 0 aliphatic heterocycles. The van der Waals surface area contributed by atoms with E-state index in [1.54, 1.807) is 0 Å². The maximum atomic E-state index is 12.2. The Morgan fingerprint density at radius 3 is 2.58 bits per heavy atom. The molecule has 1 aromatic carbocycles. The van der Waals surface area contributed by atoms with E-state index >= 15 is 0 Å². The molecule has 5 heteroatoms. The summed E-state index contributed by atoms with van der Waals surface area (Å²) in [5.74, 6) is 0. The maximum absolute atomic E-state index is 12.2. The van der Waals surface area contributed by atoms with Crippen molar-refractivity contribution in [3.05, 3.63) is 40.3 Å². The molecular formula is C7H5F2N3. The largest absolute Gasteiger partial charge is 0.264 e. The normalized spacial score (nSPS) is 9.58. The second kappa shape index (κ2) is 3.69. The quantitative estimate of drug-likeness (QED) is 0.369. The minimum absolute atomic E-state index is 0.0185. The summed E-state index contributed by atoms with van der Waals surface area (Å²) >= 11 is 0. The number of hydrogen-bond acceptors (Lipinski definition) is 1. The van der Waals surface area contributed by atoms with Crippen molar-refractivity contribution in [1.29, 1.82) is 0 Å². The van der Waals surface area contributed by atoms with Gasteiger partial charge in [0, 0.05) is 16.2 Å². The molecule has 0 aliphatic carbocycles. The van der Waals surface area contributed by atoms with E-state index in [1.807, 2.05) is 0 Å². The van der Waals surface area contributed by atoms with Crippen LogP contribution in [0, 0.1) is 0 Å². The molecule has 0 atom stereocenters. The van der Waals surface area contributed by atoms with Crippen molar-refractivity contribution < 1.29 is 8.78 Å². The maximum Gasteiger partial charge on any atom is 0.264 e. The summed E-state index contributed by atoms with van der Waals surface area (Å²) in [4.78, 5) is 2.44. The van der Waals surface area contributed by atoms with Gasteiger partial charge in [0.05, 0.1) is 0 Å². The van der Waals surface area contributed by atoms with Gasteiger partial charge in [-0.05, 0) is 5.53 Å². The molecule has 0 N–H and O–H groups in total. The summed E-state index contributed by atoms with van der Waals surface area (Å²) in [6.07, 6.45) is -2.60. The van der Waals surface area contributed by atoms with Crippen molar-refractivity contribution in [2.75, 3.05) is 0 Å². The lowest BCUT2D eigenvalue weighted by Crippen LogP contribution is -1.82. The van der Waals surface area contributed by atoms with Gasteiger partial charge < -0.3 is 0 Å². The first kappa shape index (κ1) is 8.49. The number of alkyl halides is 2. The third-order valence-corrected chi connectivity index (χ3v) is 1.32. The van der Waals surface area contributed by atoms with Gasteiger partial charge in [0.25, 0.3) is 6.43 Å². The van der Waals surface area contributed by atoms with E-state index in [4.69, 9.17) is 5.53 Å². The van der Waals surface area contributed by atoms with Crippen molar-refractivity contribution >= 4 is 5.69 Å². The first-order valence-corrected chi connectivity index (χ1v) is 3.18. The Balaban J connectivity index is 3.17. The Kier molecular flexibility index (Phi) is 2.61. The molecule has 0 bridgehead atoms. The van der Waals surface area contributed by atoms with Crippen LogP contribution in [0.3, 0.4) is 0 Å². The Morgan fingerprint density at radius 1 is 1.33 bits per heavy atom. The minimum atomic E-state index is -2.60. The first-order chi connectivity index (χ1) is 5.75. The molecule has 0 aliphatic rings. The van der Waals surface area contributed by atoms with E-state index < -0.39 is 6.43 Å². The molecular weight excluding hydrogens is 164 g/mol. The van der Waals surface area contributed by atoms with Crippen LogP contribution in [0.5, 0.6) is 0 Å². The molecule has 12 heavy (non-hydrogen) atoms. The Hall–Kier alpha value is -1.61. The topological polar surface area (TPSA) is 48.8 Å². The van der Waals surface area contributed by atoms with Crippen LogP contribution in [0.2, 0.25) is 0 Å². The summed E-state index contributed by atoms with van der Waals surface area (Å²) in [5, 5.41) is 3.13. The average molecular weight is 169 g/mol. The highest BCUT2D eigenvalue weighted by Gasteiger charge is 2.09. The van der Waals surface area contributed by atoms with Gasteiger partial charge >= 0.3 is 0 Å². The average Bonchev–Trinajstić information content (AvgIpc) is 2.05. The second-order valence-corrected chi connectivity index (χ2v) is 2.05. The lowest BCUT2D eigenvalue weighted by atomic mass is 10.2. The van der Waals surface area contributed by atoms with Gasteiger partial charge in [0.15, 0.2) is 0 Å². The predicted octanol–water partition coefficient (Wildman–Crippen LogP) is 3.57. The molecule has 0 saturated carbocycles. The fourth-order valence-corrected chi connectivity index (χ4v) is 0.811. The molecule has 0 aromatic heterocycles. The van der Waals surface area contributed by atoms with E-state index in [9.17, 15) is 8.78 Å². The van der Waals surface area contributed by atoms with Crippen LogP contribution in [-0.2, 0) is 0 Å². The first-order valence-electron chi connectivity index (χ1n) is 3.18. The highest BCUT2D eigenvalue weighted by molar-refractivity contribution is 5.46. The van der Waals surface area contributed by atoms with Crippen molar-refractivity contribution in [2.45, 2.75) is 6.43 Å². The van der Waals surface area contributed by atoms with Crippen LogP contribution >= 0.6 is 0 Å². The molecule has 0 radical (unpaired) electrons. The van der Waals surface area contributed by atoms with Gasteiger partial charge in [0.1, 0.15) is 0 Å². The van der Waals surface area contributed by atoms with Crippen LogP contribution in [0.25, 0.3) is 10.4 Å². The molecule has 0 amide bonds. The Labute approximate surface area is 67.3 Å². The van der Waals surface area contributed by atoms with E-state index in [-0.39, 0.29) is 11.3 Å². The second-order valence-electron chi connectivity index (χ2n) is 2.05. The standard InChI is InChI=1S/C7H5F2N3/c8-7(9)5-3-1-2-4-6(5)11-12-10/h1-4,7H. The van der Waals surface area contributed by atoms with Gasteiger partial charge in [-0.1, -0.05) is 29.4 Å². The van der Waals surface area contributed by atoms with Gasteiger partial charge in [-0.15, -0.1) is 0 Å². The number of benzene rings is 1. The Bertz CT molecular complexity index is 318. The number of hydrogen-bond donors (Lipinski definition) is 0. The van der Waals surface area contributed by atoms with E-state index in [0.29, 0.717) is 0 Å². The van der Waals surface area contributed by atoms with Crippen LogP contribution in [0.4, 0.5) is 14.5 Å². The third kappa shape index (κ3) is 1.71. The van der Waals surface area contributed by atoms with Crippen molar-refractivity contribution in [1.82, 2.24) is 0 Å². The number of azide groups is 1. The molecule has 1 aromatic rings. The van der Waals surface area contributed by atoms with Crippen LogP contribution in [0.1, 0.15) is 12.0 Å². The lowest BCUT2D eigenvalue weighted by Gasteiger charge is -2.01. The minimum Gasteiger partial charge on any atom is -0.205 e. The zero-order valence-electron chi connectivity index (χ0n) is 5.98. The fraction of sp³-hybridized carbons (Fsp3) is 0.143. The summed E-state index contributed by atoms with van der Waals surface area (Å²) in [5.41, 5.74) is 7.78. The van der Waals surface area contributed by atoms with Gasteiger partial charge in [0.2, 0.25) is 0 Å². The Morgan fingerprint density at radius 2 is 2.00 bits per heavy atom. The lowest BCUT2D eigenvalue weighted by molar-refractivity contribution is 0.152. The van der Waals surface area contributed by atoms with Crippen molar-refractivity contribution in [3.8, 4) is 0 Å². The highest BCUT2D eigenvalue weighted by atomic mass is 19.3. The third-order valence-electron chi connectivity index (χ3n) is 1.32. The molecule has 62 valence electrons.